The topological polar surface area (TPSA) is 80.5 Å². The van der Waals surface area contributed by atoms with Crippen LogP contribution in [-0.2, 0) is 10.0 Å². The summed E-state index contributed by atoms with van der Waals surface area (Å²) in [6, 6.07) is 3.99. The standard InChI is InChI=1S/C14H20N2O4S/c1-3-12-6-4-5-9-15(12)21(19,20)14-10-13(16(17)18)8-7-11(14)2/h7-8,10,12H,3-6,9H2,1-2H3/t12-/m1/s1. The molecule has 0 spiro atoms. The fraction of sp³-hybridized carbons (Fsp3) is 0.571. The van der Waals surface area contributed by atoms with E-state index in [0.717, 1.165) is 25.7 Å². The van der Waals surface area contributed by atoms with Gasteiger partial charge in [-0.25, -0.2) is 8.42 Å². The van der Waals surface area contributed by atoms with E-state index in [1.165, 1.54) is 22.5 Å². The number of sulfonamides is 1. The van der Waals surface area contributed by atoms with Gasteiger partial charge in [0.05, 0.1) is 9.82 Å². The largest absolute Gasteiger partial charge is 0.270 e. The zero-order valence-corrected chi connectivity index (χ0v) is 13.1. The molecule has 2 rings (SSSR count). The van der Waals surface area contributed by atoms with Crippen LogP contribution in [0.15, 0.2) is 23.1 Å². The molecule has 7 heteroatoms. The van der Waals surface area contributed by atoms with Crippen LogP contribution >= 0.6 is 0 Å². The second-order valence-corrected chi connectivity index (χ2v) is 7.24. The molecule has 0 unspecified atom stereocenters. The van der Waals surface area contributed by atoms with E-state index in [-0.39, 0.29) is 16.6 Å². The molecule has 0 radical (unpaired) electrons. The Bertz CT molecular complexity index is 642. The van der Waals surface area contributed by atoms with Gasteiger partial charge in [-0.1, -0.05) is 19.4 Å². The van der Waals surface area contributed by atoms with Crippen molar-refractivity contribution >= 4 is 15.7 Å². The molecule has 1 aromatic rings. The summed E-state index contributed by atoms with van der Waals surface area (Å²) in [6.07, 6.45) is 3.47. The van der Waals surface area contributed by atoms with Crippen LogP contribution < -0.4 is 0 Å². The zero-order valence-electron chi connectivity index (χ0n) is 12.3. The Morgan fingerprint density at radius 1 is 1.38 bits per heavy atom. The molecule has 0 amide bonds. The van der Waals surface area contributed by atoms with Crippen molar-refractivity contribution in [2.45, 2.75) is 50.5 Å². The molecular formula is C14H20N2O4S. The second kappa shape index (κ2) is 6.11. The van der Waals surface area contributed by atoms with E-state index in [1.54, 1.807) is 6.92 Å². The first-order valence-electron chi connectivity index (χ1n) is 7.14. The van der Waals surface area contributed by atoms with E-state index in [4.69, 9.17) is 0 Å². The Hall–Kier alpha value is -1.47. The number of benzene rings is 1. The highest BCUT2D eigenvalue weighted by Crippen LogP contribution is 2.30. The third kappa shape index (κ3) is 3.08. The fourth-order valence-electron chi connectivity index (χ4n) is 2.80. The van der Waals surface area contributed by atoms with Crippen molar-refractivity contribution < 1.29 is 13.3 Å². The van der Waals surface area contributed by atoms with E-state index < -0.39 is 14.9 Å². The van der Waals surface area contributed by atoms with Crippen molar-refractivity contribution in [2.24, 2.45) is 0 Å². The molecule has 0 bridgehead atoms. The van der Waals surface area contributed by atoms with Gasteiger partial charge >= 0.3 is 0 Å². The van der Waals surface area contributed by atoms with Gasteiger partial charge < -0.3 is 0 Å². The monoisotopic (exact) mass is 312 g/mol. The predicted octanol–water partition coefficient (Wildman–Crippen LogP) is 2.86. The van der Waals surface area contributed by atoms with Gasteiger partial charge in [0.15, 0.2) is 0 Å². The molecule has 1 heterocycles. The molecule has 116 valence electrons. The van der Waals surface area contributed by atoms with Crippen molar-refractivity contribution in [3.8, 4) is 0 Å². The molecule has 1 aliphatic rings. The molecular weight excluding hydrogens is 292 g/mol. The predicted molar refractivity (Wildman–Crippen MR) is 79.7 cm³/mol. The van der Waals surface area contributed by atoms with Gasteiger partial charge in [0.1, 0.15) is 0 Å². The summed E-state index contributed by atoms with van der Waals surface area (Å²) >= 11 is 0. The minimum atomic E-state index is -3.68. The number of rotatable bonds is 4. The number of nitrogens with zero attached hydrogens (tertiary/aromatic N) is 2. The van der Waals surface area contributed by atoms with Crippen LogP contribution in [0.4, 0.5) is 5.69 Å². The molecule has 0 saturated carbocycles. The van der Waals surface area contributed by atoms with E-state index >= 15 is 0 Å². The number of non-ortho nitro benzene ring substituents is 1. The maximum absolute atomic E-state index is 12.9. The van der Waals surface area contributed by atoms with Crippen LogP contribution in [0.25, 0.3) is 0 Å². The first kappa shape index (κ1) is 15.9. The Kier molecular flexibility index (Phi) is 4.63. The van der Waals surface area contributed by atoms with Gasteiger partial charge in [-0.05, 0) is 31.7 Å². The molecule has 1 aromatic carbocycles. The molecule has 1 fully saturated rings. The van der Waals surface area contributed by atoms with Crippen LogP contribution in [0.2, 0.25) is 0 Å². The number of piperidine rings is 1. The first-order valence-corrected chi connectivity index (χ1v) is 8.58. The number of hydrogen-bond donors (Lipinski definition) is 0. The van der Waals surface area contributed by atoms with Crippen molar-refractivity contribution in [3.63, 3.8) is 0 Å². The van der Waals surface area contributed by atoms with Crippen LogP contribution in [0.3, 0.4) is 0 Å². The van der Waals surface area contributed by atoms with Gasteiger partial charge in [0.2, 0.25) is 10.0 Å². The second-order valence-electron chi connectivity index (χ2n) is 5.38. The summed E-state index contributed by atoms with van der Waals surface area (Å²) in [5.74, 6) is 0. The lowest BCUT2D eigenvalue weighted by Crippen LogP contribution is -2.43. The Morgan fingerprint density at radius 3 is 2.71 bits per heavy atom. The zero-order chi connectivity index (χ0) is 15.6. The number of nitro groups is 1. The number of nitro benzene ring substituents is 1. The SMILES string of the molecule is CC[C@@H]1CCCCN1S(=O)(=O)c1cc([N+](=O)[O-])ccc1C. The van der Waals surface area contributed by atoms with Crippen LogP contribution in [0.1, 0.15) is 38.2 Å². The van der Waals surface area contributed by atoms with Gasteiger partial charge in [-0.3, -0.25) is 10.1 Å². The van der Waals surface area contributed by atoms with Gasteiger partial charge in [-0.2, -0.15) is 4.31 Å². The lowest BCUT2D eigenvalue weighted by atomic mass is 10.0. The Balaban J connectivity index is 2.47. The van der Waals surface area contributed by atoms with Crippen LogP contribution in [0, 0.1) is 17.0 Å². The fourth-order valence-corrected chi connectivity index (χ4v) is 4.82. The molecule has 1 atom stereocenters. The molecule has 1 saturated heterocycles. The summed E-state index contributed by atoms with van der Waals surface area (Å²) in [4.78, 5) is 10.4. The van der Waals surface area contributed by atoms with Gasteiger partial charge in [0, 0.05) is 24.7 Å². The highest BCUT2D eigenvalue weighted by molar-refractivity contribution is 7.89. The molecule has 0 N–H and O–H groups in total. The Morgan fingerprint density at radius 2 is 2.10 bits per heavy atom. The minimum absolute atomic E-state index is 0.0117. The van der Waals surface area contributed by atoms with Crippen molar-refractivity contribution in [1.82, 2.24) is 4.31 Å². The minimum Gasteiger partial charge on any atom is -0.258 e. The van der Waals surface area contributed by atoms with E-state index in [0.29, 0.717) is 12.1 Å². The Labute approximate surface area is 125 Å². The molecule has 1 aliphatic heterocycles. The van der Waals surface area contributed by atoms with Gasteiger partial charge in [0.25, 0.3) is 5.69 Å². The third-order valence-corrected chi connectivity index (χ3v) is 6.11. The summed E-state index contributed by atoms with van der Waals surface area (Å²) in [6.45, 7) is 4.13. The highest BCUT2D eigenvalue weighted by Gasteiger charge is 2.34. The smallest absolute Gasteiger partial charge is 0.258 e. The lowest BCUT2D eigenvalue weighted by Gasteiger charge is -2.34. The number of hydrogen-bond acceptors (Lipinski definition) is 4. The first-order chi connectivity index (χ1) is 9.87. The maximum Gasteiger partial charge on any atom is 0.270 e. The van der Waals surface area contributed by atoms with Crippen molar-refractivity contribution in [2.75, 3.05) is 6.54 Å². The summed E-state index contributed by atoms with van der Waals surface area (Å²) in [5, 5.41) is 10.9. The summed E-state index contributed by atoms with van der Waals surface area (Å²) in [7, 11) is -3.68. The van der Waals surface area contributed by atoms with Crippen LogP contribution in [-0.4, -0.2) is 30.2 Å². The van der Waals surface area contributed by atoms with E-state index in [1.807, 2.05) is 6.92 Å². The highest BCUT2D eigenvalue weighted by atomic mass is 32.2. The van der Waals surface area contributed by atoms with E-state index in [9.17, 15) is 18.5 Å². The molecule has 6 nitrogen and oxygen atoms in total. The van der Waals surface area contributed by atoms with E-state index in [2.05, 4.69) is 0 Å². The van der Waals surface area contributed by atoms with Crippen molar-refractivity contribution in [3.05, 3.63) is 33.9 Å². The normalized spacial score (nSPS) is 20.4. The quantitative estimate of drug-likeness (QED) is 0.632. The molecule has 0 aliphatic carbocycles. The maximum atomic E-state index is 12.9. The van der Waals surface area contributed by atoms with Gasteiger partial charge in [-0.15, -0.1) is 0 Å². The summed E-state index contributed by atoms with van der Waals surface area (Å²) in [5.41, 5.74) is 0.352. The van der Waals surface area contributed by atoms with Crippen LogP contribution in [0.5, 0.6) is 0 Å². The average molecular weight is 312 g/mol. The lowest BCUT2D eigenvalue weighted by molar-refractivity contribution is -0.385. The average Bonchev–Trinajstić information content (AvgIpc) is 2.47. The molecule has 0 aromatic heterocycles. The number of aryl methyl sites for hydroxylation is 1. The van der Waals surface area contributed by atoms with Crippen molar-refractivity contribution in [1.29, 1.82) is 0 Å². The third-order valence-electron chi connectivity index (χ3n) is 4.01. The molecule has 21 heavy (non-hydrogen) atoms. The summed E-state index contributed by atoms with van der Waals surface area (Å²) < 4.78 is 27.2.